The Hall–Kier alpha value is -1.65. The lowest BCUT2D eigenvalue weighted by Gasteiger charge is -2.25. The fourth-order valence-electron chi connectivity index (χ4n) is 1.93. The predicted octanol–water partition coefficient (Wildman–Crippen LogP) is 2.07. The summed E-state index contributed by atoms with van der Waals surface area (Å²) in [6.45, 7) is 3.53. The summed E-state index contributed by atoms with van der Waals surface area (Å²) < 4.78 is 0. The highest BCUT2D eigenvalue weighted by Gasteiger charge is 2.25. The average Bonchev–Trinajstić information content (AvgIpc) is 2.46. The van der Waals surface area contributed by atoms with Gasteiger partial charge < -0.3 is 10.0 Å². The molecule has 1 rings (SSSR count). The molecule has 0 unspecified atom stereocenters. The Morgan fingerprint density at radius 2 is 1.80 bits per heavy atom. The molecule has 1 N–H and O–H groups in total. The van der Waals surface area contributed by atoms with Crippen molar-refractivity contribution in [1.29, 1.82) is 0 Å². The van der Waals surface area contributed by atoms with Crippen LogP contribution in [0.3, 0.4) is 0 Å². The molecule has 4 nitrogen and oxygen atoms in total. The molecule has 5 heteroatoms. The highest BCUT2D eigenvalue weighted by atomic mass is 35.5. The van der Waals surface area contributed by atoms with Gasteiger partial charge in [0.25, 0.3) is 5.91 Å². The minimum Gasteiger partial charge on any atom is -0.395 e. The van der Waals surface area contributed by atoms with Crippen molar-refractivity contribution in [3.63, 3.8) is 0 Å². The molecule has 0 radical (unpaired) electrons. The van der Waals surface area contributed by atoms with Gasteiger partial charge in [0.2, 0.25) is 5.78 Å². The first-order valence-corrected chi connectivity index (χ1v) is 6.80. The molecule has 108 valence electrons. The van der Waals surface area contributed by atoms with Crippen LogP contribution in [0.4, 0.5) is 0 Å². The molecule has 0 saturated heterocycles. The fraction of sp³-hybridized carbons (Fsp3) is 0.333. The van der Waals surface area contributed by atoms with Crippen LogP contribution in [0.25, 0.3) is 5.70 Å². The van der Waals surface area contributed by atoms with Gasteiger partial charge in [0.1, 0.15) is 0 Å². The van der Waals surface area contributed by atoms with Crippen molar-refractivity contribution < 1.29 is 14.7 Å². The highest BCUT2D eigenvalue weighted by molar-refractivity contribution is 6.47. The van der Waals surface area contributed by atoms with Gasteiger partial charge in [-0.3, -0.25) is 9.59 Å². The lowest BCUT2D eigenvalue weighted by atomic mass is 10.1. The molecule has 0 heterocycles. The predicted molar refractivity (Wildman–Crippen MR) is 79.2 cm³/mol. The quantitative estimate of drug-likeness (QED) is 0.645. The number of aliphatic hydroxyl groups is 1. The number of carbonyl (C=O) groups excluding carboxylic acids is 2. The number of carbonyl (C=O) groups is 2. The Morgan fingerprint density at radius 1 is 1.20 bits per heavy atom. The number of Topliss-reactive ketones (excluding diaryl/α,β-unsaturated/α-hetero) is 1. The van der Waals surface area contributed by atoms with Crippen molar-refractivity contribution >= 4 is 29.0 Å². The molecule has 0 atom stereocenters. The van der Waals surface area contributed by atoms with Gasteiger partial charge in [0.15, 0.2) is 0 Å². The second-order valence-electron chi connectivity index (χ2n) is 4.45. The minimum atomic E-state index is -0.700. The maximum absolute atomic E-state index is 12.1. The van der Waals surface area contributed by atoms with E-state index in [-0.39, 0.29) is 19.0 Å². The number of nitrogens with zero attached hydrogens (tertiary/aromatic N) is 1. The summed E-state index contributed by atoms with van der Waals surface area (Å²) in [4.78, 5) is 25.0. The van der Waals surface area contributed by atoms with E-state index in [0.29, 0.717) is 5.70 Å². The summed E-state index contributed by atoms with van der Waals surface area (Å²) >= 11 is 5.45. The summed E-state index contributed by atoms with van der Waals surface area (Å²) in [5, 5.41) is 9.16. The number of amides is 1. The van der Waals surface area contributed by atoms with Crippen molar-refractivity contribution in [3.05, 3.63) is 41.5 Å². The number of alkyl halides is 1. The van der Waals surface area contributed by atoms with Crippen LogP contribution in [0, 0.1) is 0 Å². The maximum Gasteiger partial charge on any atom is 0.295 e. The number of hydrogen-bond donors (Lipinski definition) is 1. The Balaban J connectivity index is 3.25. The van der Waals surface area contributed by atoms with Gasteiger partial charge in [-0.2, -0.15) is 0 Å². The van der Waals surface area contributed by atoms with Gasteiger partial charge in [-0.1, -0.05) is 35.9 Å². The zero-order valence-electron chi connectivity index (χ0n) is 11.6. The fourth-order valence-corrected chi connectivity index (χ4v) is 2.05. The first-order chi connectivity index (χ1) is 9.52. The largest absolute Gasteiger partial charge is 0.395 e. The third kappa shape index (κ3) is 3.92. The van der Waals surface area contributed by atoms with Gasteiger partial charge in [-0.05, 0) is 19.4 Å². The Labute approximate surface area is 123 Å². The van der Waals surface area contributed by atoms with E-state index in [1.54, 1.807) is 0 Å². The van der Waals surface area contributed by atoms with E-state index in [1.807, 2.05) is 44.2 Å². The van der Waals surface area contributed by atoms with Crippen molar-refractivity contribution in [2.24, 2.45) is 0 Å². The molecule has 1 aromatic rings. The van der Waals surface area contributed by atoms with Gasteiger partial charge in [-0.25, -0.2) is 0 Å². The maximum atomic E-state index is 12.1. The zero-order valence-corrected chi connectivity index (χ0v) is 12.4. The van der Waals surface area contributed by atoms with Crippen molar-refractivity contribution in [3.8, 4) is 0 Å². The summed E-state index contributed by atoms with van der Waals surface area (Å²) in [5.74, 6) is -1.75. The second-order valence-corrected chi connectivity index (χ2v) is 4.72. The molecule has 0 bridgehead atoms. The first kappa shape index (κ1) is 16.4. The average molecular weight is 296 g/mol. The third-order valence-electron chi connectivity index (χ3n) is 2.72. The van der Waals surface area contributed by atoms with Crippen LogP contribution in [0.5, 0.6) is 0 Å². The van der Waals surface area contributed by atoms with Gasteiger partial charge in [-0.15, -0.1) is 11.6 Å². The zero-order chi connectivity index (χ0) is 15.1. The van der Waals surface area contributed by atoms with E-state index in [9.17, 15) is 9.59 Å². The number of rotatable bonds is 6. The van der Waals surface area contributed by atoms with Crippen LogP contribution in [-0.4, -0.2) is 40.7 Å². The summed E-state index contributed by atoms with van der Waals surface area (Å²) in [5.41, 5.74) is 2.32. The number of ketones is 1. The number of hydrogen-bond acceptors (Lipinski definition) is 3. The molecule has 0 fully saturated rings. The number of benzene rings is 1. The Kier molecular flexibility index (Phi) is 6.42. The van der Waals surface area contributed by atoms with Crippen LogP contribution < -0.4 is 0 Å². The van der Waals surface area contributed by atoms with Crippen LogP contribution >= 0.6 is 11.6 Å². The Bertz CT molecular complexity index is 507. The first-order valence-electron chi connectivity index (χ1n) is 6.27. The standard InChI is InChI=1S/C15H18ClNO3/c1-11(2)14(12-6-4-3-5-7-12)17(8-9-18)15(20)13(19)10-16/h3-7,18H,8-10H2,1-2H3. The van der Waals surface area contributed by atoms with Crippen molar-refractivity contribution in [2.75, 3.05) is 19.0 Å². The third-order valence-corrected chi connectivity index (χ3v) is 2.96. The van der Waals surface area contributed by atoms with Gasteiger partial charge >= 0.3 is 0 Å². The van der Waals surface area contributed by atoms with E-state index in [2.05, 4.69) is 0 Å². The molecular formula is C15H18ClNO3. The molecular weight excluding hydrogens is 278 g/mol. The van der Waals surface area contributed by atoms with Crippen molar-refractivity contribution in [2.45, 2.75) is 13.8 Å². The molecule has 1 amide bonds. The van der Waals surface area contributed by atoms with Crippen molar-refractivity contribution in [1.82, 2.24) is 4.90 Å². The van der Waals surface area contributed by atoms with Crippen LogP contribution in [0.15, 0.2) is 35.9 Å². The lowest BCUT2D eigenvalue weighted by molar-refractivity contribution is -0.141. The summed E-state index contributed by atoms with van der Waals surface area (Å²) in [6, 6.07) is 9.27. The molecule has 0 aliphatic heterocycles. The van der Waals surface area contributed by atoms with E-state index in [4.69, 9.17) is 16.7 Å². The minimum absolute atomic E-state index is 0.0525. The smallest absolute Gasteiger partial charge is 0.295 e. The molecule has 0 aromatic heterocycles. The molecule has 0 aliphatic rings. The second kappa shape index (κ2) is 7.82. The summed E-state index contributed by atoms with van der Waals surface area (Å²) in [6.07, 6.45) is 0. The van der Waals surface area contributed by atoms with E-state index in [1.165, 1.54) is 4.90 Å². The monoisotopic (exact) mass is 295 g/mol. The molecule has 0 spiro atoms. The topological polar surface area (TPSA) is 57.6 Å². The van der Waals surface area contributed by atoms with Crippen LogP contribution in [-0.2, 0) is 9.59 Å². The SMILES string of the molecule is CC(C)=C(c1ccccc1)N(CCO)C(=O)C(=O)CCl. The normalized spacial score (nSPS) is 10.0. The lowest BCUT2D eigenvalue weighted by Crippen LogP contribution is -2.38. The molecule has 1 aromatic carbocycles. The van der Waals surface area contributed by atoms with Gasteiger partial charge in [0.05, 0.1) is 18.2 Å². The van der Waals surface area contributed by atoms with Gasteiger partial charge in [0, 0.05) is 6.54 Å². The highest BCUT2D eigenvalue weighted by Crippen LogP contribution is 2.23. The van der Waals surface area contributed by atoms with E-state index < -0.39 is 11.7 Å². The Morgan fingerprint density at radius 3 is 2.25 bits per heavy atom. The van der Waals surface area contributed by atoms with E-state index >= 15 is 0 Å². The van der Waals surface area contributed by atoms with Crippen LogP contribution in [0.2, 0.25) is 0 Å². The summed E-state index contributed by atoms with van der Waals surface area (Å²) in [7, 11) is 0. The number of halogens is 1. The van der Waals surface area contributed by atoms with Crippen LogP contribution in [0.1, 0.15) is 19.4 Å². The molecule has 20 heavy (non-hydrogen) atoms. The van der Waals surface area contributed by atoms with E-state index in [0.717, 1.165) is 11.1 Å². The molecule has 0 aliphatic carbocycles. The number of allylic oxidation sites excluding steroid dienone is 1. The number of aliphatic hydroxyl groups excluding tert-OH is 1. The molecule has 0 saturated carbocycles.